The first kappa shape index (κ1) is 17.0. The third-order valence-corrected chi connectivity index (χ3v) is 4.47. The van der Waals surface area contributed by atoms with Gasteiger partial charge in [-0.3, -0.25) is 0 Å². The van der Waals surface area contributed by atoms with Gasteiger partial charge in [-0.2, -0.15) is 0 Å². The van der Waals surface area contributed by atoms with Gasteiger partial charge in [-0.1, -0.05) is 40.5 Å². The second-order valence-corrected chi connectivity index (χ2v) is 6.65. The molecule has 0 aromatic rings. The van der Waals surface area contributed by atoms with Crippen LogP contribution in [0.5, 0.6) is 0 Å². The lowest BCUT2D eigenvalue weighted by atomic mass is 10.1. The Morgan fingerprint density at radius 2 is 1.74 bits per heavy atom. The fraction of sp³-hybridized carbons (Fsp3) is 1.00. The number of nitrogens with one attached hydrogen (secondary N) is 1. The summed E-state index contributed by atoms with van der Waals surface area (Å²) in [6.45, 7) is 13.1. The smallest absolute Gasteiger partial charge is 0.00901 e. The first-order valence-electron chi connectivity index (χ1n) is 8.64. The molecule has 2 heteroatoms. The van der Waals surface area contributed by atoms with Gasteiger partial charge in [0.15, 0.2) is 0 Å². The van der Waals surface area contributed by atoms with E-state index in [1.165, 1.54) is 64.6 Å². The fourth-order valence-electron chi connectivity index (χ4n) is 3.42. The van der Waals surface area contributed by atoms with E-state index in [9.17, 15) is 0 Å². The van der Waals surface area contributed by atoms with Gasteiger partial charge in [-0.15, -0.1) is 0 Å². The summed E-state index contributed by atoms with van der Waals surface area (Å²) in [4.78, 5) is 2.72. The Bertz CT molecular complexity index is 205. The molecule has 1 rings (SSSR count). The SMILES string of the molecule is CCC(CC)N(CCCNC1CCCC1)CC(C)C. The van der Waals surface area contributed by atoms with Gasteiger partial charge in [0.2, 0.25) is 0 Å². The van der Waals surface area contributed by atoms with E-state index in [4.69, 9.17) is 0 Å². The van der Waals surface area contributed by atoms with E-state index < -0.39 is 0 Å². The van der Waals surface area contributed by atoms with Crippen molar-refractivity contribution in [2.75, 3.05) is 19.6 Å². The summed E-state index contributed by atoms with van der Waals surface area (Å²) in [5.41, 5.74) is 0. The molecular weight excluding hydrogens is 232 g/mol. The van der Waals surface area contributed by atoms with Crippen molar-refractivity contribution >= 4 is 0 Å². The van der Waals surface area contributed by atoms with Crippen molar-refractivity contribution in [2.45, 2.75) is 84.7 Å². The third kappa shape index (κ3) is 6.76. The van der Waals surface area contributed by atoms with E-state index in [1.807, 2.05) is 0 Å². The first-order valence-corrected chi connectivity index (χ1v) is 8.64. The molecule has 0 bridgehead atoms. The van der Waals surface area contributed by atoms with Crippen LogP contribution in [0.15, 0.2) is 0 Å². The molecule has 0 atom stereocenters. The van der Waals surface area contributed by atoms with Crippen LogP contribution in [0.1, 0.15) is 72.6 Å². The average molecular weight is 268 g/mol. The van der Waals surface area contributed by atoms with Gasteiger partial charge in [0, 0.05) is 18.6 Å². The average Bonchev–Trinajstić information content (AvgIpc) is 2.88. The quantitative estimate of drug-likeness (QED) is 0.601. The number of rotatable bonds is 10. The Labute approximate surface area is 121 Å². The lowest BCUT2D eigenvalue weighted by molar-refractivity contribution is 0.163. The Morgan fingerprint density at radius 1 is 1.11 bits per heavy atom. The monoisotopic (exact) mass is 268 g/mol. The highest BCUT2D eigenvalue weighted by atomic mass is 15.2. The van der Waals surface area contributed by atoms with E-state index >= 15 is 0 Å². The topological polar surface area (TPSA) is 15.3 Å². The van der Waals surface area contributed by atoms with Crippen LogP contribution in [-0.4, -0.2) is 36.6 Å². The zero-order valence-corrected chi connectivity index (χ0v) is 13.8. The molecule has 1 N–H and O–H groups in total. The zero-order chi connectivity index (χ0) is 14.1. The standard InChI is InChI=1S/C17H36N2/c1-5-17(6-2)19(14-15(3)4)13-9-12-18-16-10-7-8-11-16/h15-18H,5-14H2,1-4H3. The van der Waals surface area contributed by atoms with Crippen LogP contribution in [0.2, 0.25) is 0 Å². The predicted octanol–water partition coefficient (Wildman–Crippen LogP) is 4.06. The molecule has 114 valence electrons. The van der Waals surface area contributed by atoms with E-state index in [-0.39, 0.29) is 0 Å². The van der Waals surface area contributed by atoms with Crippen molar-refractivity contribution in [3.8, 4) is 0 Å². The van der Waals surface area contributed by atoms with Crippen molar-refractivity contribution in [1.29, 1.82) is 0 Å². The van der Waals surface area contributed by atoms with Gasteiger partial charge >= 0.3 is 0 Å². The molecule has 0 aromatic carbocycles. The normalized spacial score (nSPS) is 17.2. The molecule has 0 aromatic heterocycles. The minimum atomic E-state index is 0.781. The summed E-state index contributed by atoms with van der Waals surface area (Å²) < 4.78 is 0. The molecule has 0 saturated heterocycles. The molecule has 1 aliphatic rings. The minimum Gasteiger partial charge on any atom is -0.314 e. The highest BCUT2D eigenvalue weighted by Crippen LogP contribution is 2.17. The molecular formula is C17H36N2. The maximum atomic E-state index is 3.74. The van der Waals surface area contributed by atoms with E-state index in [0.29, 0.717) is 0 Å². The molecule has 0 amide bonds. The lowest BCUT2D eigenvalue weighted by Crippen LogP contribution is -2.39. The highest BCUT2D eigenvalue weighted by Gasteiger charge is 2.17. The third-order valence-electron chi connectivity index (χ3n) is 4.47. The summed E-state index contributed by atoms with van der Waals surface area (Å²) in [5, 5.41) is 3.74. The van der Waals surface area contributed by atoms with Crippen LogP contribution >= 0.6 is 0 Å². The maximum Gasteiger partial charge on any atom is 0.00901 e. The van der Waals surface area contributed by atoms with Crippen molar-refractivity contribution in [2.24, 2.45) is 5.92 Å². The van der Waals surface area contributed by atoms with E-state index in [2.05, 4.69) is 37.9 Å². The zero-order valence-electron chi connectivity index (χ0n) is 13.8. The summed E-state index contributed by atoms with van der Waals surface area (Å²) in [6.07, 6.45) is 9.57. The van der Waals surface area contributed by atoms with Crippen LogP contribution in [-0.2, 0) is 0 Å². The van der Waals surface area contributed by atoms with Gasteiger partial charge in [0.05, 0.1) is 0 Å². The molecule has 0 heterocycles. The Hall–Kier alpha value is -0.0800. The number of nitrogens with zero attached hydrogens (tertiary/aromatic N) is 1. The molecule has 1 aliphatic carbocycles. The van der Waals surface area contributed by atoms with E-state index in [1.54, 1.807) is 0 Å². The summed E-state index contributed by atoms with van der Waals surface area (Å²) >= 11 is 0. The van der Waals surface area contributed by atoms with Crippen LogP contribution < -0.4 is 5.32 Å². The largest absolute Gasteiger partial charge is 0.314 e. The molecule has 0 spiro atoms. The van der Waals surface area contributed by atoms with Gasteiger partial charge in [-0.05, 0) is 51.1 Å². The molecule has 19 heavy (non-hydrogen) atoms. The Morgan fingerprint density at radius 3 is 2.26 bits per heavy atom. The van der Waals surface area contributed by atoms with Crippen molar-refractivity contribution < 1.29 is 0 Å². The van der Waals surface area contributed by atoms with E-state index in [0.717, 1.165) is 18.0 Å². The molecule has 0 unspecified atom stereocenters. The first-order chi connectivity index (χ1) is 9.17. The Kier molecular flexibility index (Phi) is 8.72. The predicted molar refractivity (Wildman–Crippen MR) is 85.7 cm³/mol. The van der Waals surface area contributed by atoms with Crippen LogP contribution in [0.3, 0.4) is 0 Å². The number of hydrogen-bond donors (Lipinski definition) is 1. The van der Waals surface area contributed by atoms with Gasteiger partial charge in [0.1, 0.15) is 0 Å². The summed E-state index contributed by atoms with van der Waals surface area (Å²) in [7, 11) is 0. The van der Waals surface area contributed by atoms with Crippen molar-refractivity contribution in [3.05, 3.63) is 0 Å². The summed E-state index contributed by atoms with van der Waals surface area (Å²) in [6, 6.07) is 1.61. The number of hydrogen-bond acceptors (Lipinski definition) is 2. The minimum absolute atomic E-state index is 0.781. The maximum absolute atomic E-state index is 3.74. The second kappa shape index (κ2) is 9.77. The molecule has 0 radical (unpaired) electrons. The fourth-order valence-corrected chi connectivity index (χ4v) is 3.42. The van der Waals surface area contributed by atoms with Gasteiger partial charge < -0.3 is 10.2 Å². The Balaban J connectivity index is 2.22. The molecule has 2 nitrogen and oxygen atoms in total. The summed E-state index contributed by atoms with van der Waals surface area (Å²) in [5.74, 6) is 0.781. The van der Waals surface area contributed by atoms with Gasteiger partial charge in [0.25, 0.3) is 0 Å². The van der Waals surface area contributed by atoms with Gasteiger partial charge in [-0.25, -0.2) is 0 Å². The second-order valence-electron chi connectivity index (χ2n) is 6.65. The van der Waals surface area contributed by atoms with Crippen LogP contribution in [0.25, 0.3) is 0 Å². The van der Waals surface area contributed by atoms with Crippen molar-refractivity contribution in [3.63, 3.8) is 0 Å². The lowest BCUT2D eigenvalue weighted by Gasteiger charge is -2.32. The van der Waals surface area contributed by atoms with Crippen LogP contribution in [0, 0.1) is 5.92 Å². The van der Waals surface area contributed by atoms with Crippen molar-refractivity contribution in [1.82, 2.24) is 10.2 Å². The molecule has 1 fully saturated rings. The highest BCUT2D eigenvalue weighted by molar-refractivity contribution is 4.75. The van der Waals surface area contributed by atoms with Crippen LogP contribution in [0.4, 0.5) is 0 Å². The molecule has 1 saturated carbocycles. The molecule has 0 aliphatic heterocycles.